The van der Waals surface area contributed by atoms with Gasteiger partial charge in [-0.05, 0) is 38.5 Å². The highest BCUT2D eigenvalue weighted by molar-refractivity contribution is 7.90. The number of carbonyl (C=O) groups is 1. The van der Waals surface area contributed by atoms with Gasteiger partial charge in [0.2, 0.25) is 0 Å². The van der Waals surface area contributed by atoms with Gasteiger partial charge in [-0.25, -0.2) is 13.2 Å². The molecular weight excluding hydrogens is 282 g/mol. The van der Waals surface area contributed by atoms with Gasteiger partial charge in [-0.15, -0.1) is 0 Å². The Bertz CT molecular complexity index is 602. The van der Waals surface area contributed by atoms with Crippen LogP contribution >= 0.6 is 0 Å². The number of amides is 1. The lowest BCUT2D eigenvalue weighted by Crippen LogP contribution is -2.27. The number of hydrogen-bond donors (Lipinski definition) is 2. The van der Waals surface area contributed by atoms with Crippen LogP contribution in [0.15, 0.2) is 23.1 Å². The summed E-state index contributed by atoms with van der Waals surface area (Å²) in [5, 5.41) is 11.6. The zero-order chi connectivity index (χ0) is 15.6. The van der Waals surface area contributed by atoms with E-state index < -0.39 is 28.1 Å². The fourth-order valence-electron chi connectivity index (χ4n) is 1.53. The number of nitrogens with one attached hydrogen (secondary N) is 1. The van der Waals surface area contributed by atoms with Crippen LogP contribution in [0.4, 0.5) is 10.5 Å². The molecule has 0 spiro atoms. The quantitative estimate of drug-likeness (QED) is 0.890. The highest BCUT2D eigenvalue weighted by atomic mass is 32.2. The van der Waals surface area contributed by atoms with Crippen LogP contribution in [0.5, 0.6) is 0 Å². The van der Waals surface area contributed by atoms with Crippen LogP contribution in [-0.2, 0) is 21.2 Å². The molecule has 6 nitrogen and oxygen atoms in total. The van der Waals surface area contributed by atoms with Crippen LogP contribution in [0, 0.1) is 0 Å². The van der Waals surface area contributed by atoms with Crippen LogP contribution in [0.3, 0.4) is 0 Å². The molecule has 20 heavy (non-hydrogen) atoms. The second kappa shape index (κ2) is 5.80. The first-order valence-corrected chi connectivity index (χ1v) is 7.86. The Kier molecular flexibility index (Phi) is 4.77. The molecule has 0 saturated carbocycles. The van der Waals surface area contributed by atoms with Crippen molar-refractivity contribution in [2.24, 2.45) is 0 Å². The summed E-state index contributed by atoms with van der Waals surface area (Å²) >= 11 is 0. The first-order valence-electron chi connectivity index (χ1n) is 5.97. The summed E-state index contributed by atoms with van der Waals surface area (Å²) in [6.07, 6.45) is 0.368. The van der Waals surface area contributed by atoms with Crippen LogP contribution in [0.1, 0.15) is 26.3 Å². The van der Waals surface area contributed by atoms with Crippen molar-refractivity contribution in [3.63, 3.8) is 0 Å². The fourth-order valence-corrected chi connectivity index (χ4v) is 2.48. The number of benzene rings is 1. The van der Waals surface area contributed by atoms with Crippen LogP contribution in [0.2, 0.25) is 0 Å². The third-order valence-electron chi connectivity index (χ3n) is 2.28. The molecule has 0 atom stereocenters. The molecule has 0 bridgehead atoms. The summed E-state index contributed by atoms with van der Waals surface area (Å²) < 4.78 is 28.3. The minimum absolute atomic E-state index is 0.0199. The molecule has 0 unspecified atom stereocenters. The first-order chi connectivity index (χ1) is 9.03. The van der Waals surface area contributed by atoms with Gasteiger partial charge in [0.15, 0.2) is 9.84 Å². The molecule has 0 aliphatic rings. The normalized spacial score (nSPS) is 12.1. The number of sulfone groups is 1. The topological polar surface area (TPSA) is 92.7 Å². The molecule has 1 rings (SSSR count). The third-order valence-corrected chi connectivity index (χ3v) is 3.46. The lowest BCUT2D eigenvalue weighted by molar-refractivity contribution is 0.0636. The van der Waals surface area contributed by atoms with Crippen LogP contribution in [0.25, 0.3) is 0 Å². The van der Waals surface area contributed by atoms with E-state index in [2.05, 4.69) is 5.32 Å². The molecular formula is C13H19NO5S. The van der Waals surface area contributed by atoms with Crippen molar-refractivity contribution in [3.8, 4) is 0 Å². The maximum absolute atomic E-state index is 11.6. The van der Waals surface area contributed by atoms with E-state index in [1.807, 2.05) is 0 Å². The Balaban J connectivity index is 3.02. The van der Waals surface area contributed by atoms with Crippen LogP contribution in [-0.4, -0.2) is 31.5 Å². The van der Waals surface area contributed by atoms with Gasteiger partial charge in [0, 0.05) is 11.9 Å². The minimum atomic E-state index is -3.49. The Hall–Kier alpha value is -1.60. The van der Waals surface area contributed by atoms with E-state index in [1.54, 1.807) is 20.8 Å². The smallest absolute Gasteiger partial charge is 0.412 e. The summed E-state index contributed by atoms with van der Waals surface area (Å²) in [5.74, 6) is 0. The summed E-state index contributed by atoms with van der Waals surface area (Å²) in [4.78, 5) is 11.6. The standard InChI is InChI=1S/C13H19NO5S/c1-13(2,3)19-12(16)14-10-6-5-9(8-15)11(7-10)20(4,17)18/h5-7,15H,8H2,1-4H3,(H,14,16). The molecule has 0 heterocycles. The van der Waals surface area contributed by atoms with Gasteiger partial charge in [-0.1, -0.05) is 6.07 Å². The monoisotopic (exact) mass is 301 g/mol. The van der Waals surface area contributed by atoms with Crippen molar-refractivity contribution >= 4 is 21.6 Å². The highest BCUT2D eigenvalue weighted by Gasteiger charge is 2.18. The Morgan fingerprint density at radius 1 is 1.35 bits per heavy atom. The molecule has 0 aliphatic carbocycles. The Morgan fingerprint density at radius 2 is 1.95 bits per heavy atom. The summed E-state index contributed by atoms with van der Waals surface area (Å²) in [5.41, 5.74) is -0.0754. The molecule has 2 N–H and O–H groups in total. The average molecular weight is 301 g/mol. The van der Waals surface area contributed by atoms with Crippen molar-refractivity contribution in [2.75, 3.05) is 11.6 Å². The van der Waals surface area contributed by atoms with E-state index in [0.717, 1.165) is 6.26 Å². The number of aliphatic hydroxyl groups is 1. The van der Waals surface area contributed by atoms with Gasteiger partial charge in [0.25, 0.3) is 0 Å². The SMILES string of the molecule is CC(C)(C)OC(=O)Nc1ccc(CO)c(S(C)(=O)=O)c1. The van der Waals surface area contributed by atoms with Gasteiger partial charge in [0.1, 0.15) is 5.60 Å². The maximum atomic E-state index is 11.6. The fraction of sp³-hybridized carbons (Fsp3) is 0.462. The van der Waals surface area contributed by atoms with Gasteiger partial charge in [0.05, 0.1) is 11.5 Å². The molecule has 112 valence electrons. The van der Waals surface area contributed by atoms with Crippen molar-refractivity contribution in [3.05, 3.63) is 23.8 Å². The number of rotatable bonds is 3. The Morgan fingerprint density at radius 3 is 2.40 bits per heavy atom. The maximum Gasteiger partial charge on any atom is 0.412 e. The summed E-state index contributed by atoms with van der Waals surface area (Å²) in [6.45, 7) is 4.78. The van der Waals surface area contributed by atoms with E-state index in [9.17, 15) is 13.2 Å². The number of hydrogen-bond acceptors (Lipinski definition) is 5. The summed E-state index contributed by atoms with van der Waals surface area (Å²) in [7, 11) is -3.49. The van der Waals surface area contributed by atoms with Gasteiger partial charge < -0.3 is 9.84 Å². The number of aliphatic hydroxyl groups excluding tert-OH is 1. The molecule has 1 aromatic carbocycles. The predicted molar refractivity (Wildman–Crippen MR) is 75.3 cm³/mol. The molecule has 7 heteroatoms. The zero-order valence-electron chi connectivity index (χ0n) is 11.9. The summed E-state index contributed by atoms with van der Waals surface area (Å²) in [6, 6.07) is 4.25. The number of ether oxygens (including phenoxy) is 1. The highest BCUT2D eigenvalue weighted by Crippen LogP contribution is 2.21. The molecule has 0 fully saturated rings. The van der Waals surface area contributed by atoms with E-state index in [1.165, 1.54) is 18.2 Å². The lowest BCUT2D eigenvalue weighted by Gasteiger charge is -2.20. The van der Waals surface area contributed by atoms with Gasteiger partial charge in [-0.3, -0.25) is 5.32 Å². The van der Waals surface area contributed by atoms with Crippen LogP contribution < -0.4 is 5.32 Å². The molecule has 0 radical (unpaired) electrons. The predicted octanol–water partition coefficient (Wildman–Crippen LogP) is 1.93. The van der Waals surface area contributed by atoms with E-state index in [0.29, 0.717) is 0 Å². The van der Waals surface area contributed by atoms with Crippen molar-refractivity contribution in [2.45, 2.75) is 37.9 Å². The van der Waals surface area contributed by atoms with Gasteiger partial charge in [-0.2, -0.15) is 0 Å². The molecule has 0 saturated heterocycles. The lowest BCUT2D eigenvalue weighted by atomic mass is 10.2. The number of carbonyl (C=O) groups excluding carboxylic acids is 1. The molecule has 1 aromatic rings. The third kappa shape index (κ3) is 4.82. The van der Waals surface area contributed by atoms with E-state index in [4.69, 9.17) is 9.84 Å². The Labute approximate surface area is 118 Å². The molecule has 0 aliphatic heterocycles. The van der Waals surface area contributed by atoms with Crippen molar-refractivity contribution in [1.29, 1.82) is 0 Å². The molecule has 0 aromatic heterocycles. The molecule has 1 amide bonds. The van der Waals surface area contributed by atoms with Crippen molar-refractivity contribution in [1.82, 2.24) is 0 Å². The second-order valence-corrected chi connectivity index (χ2v) is 7.36. The first kappa shape index (κ1) is 16.5. The number of anilines is 1. The van der Waals surface area contributed by atoms with Crippen molar-refractivity contribution < 1.29 is 23.1 Å². The average Bonchev–Trinajstić information content (AvgIpc) is 2.25. The minimum Gasteiger partial charge on any atom is -0.444 e. The van der Waals surface area contributed by atoms with E-state index in [-0.39, 0.29) is 16.1 Å². The van der Waals surface area contributed by atoms with E-state index >= 15 is 0 Å². The largest absolute Gasteiger partial charge is 0.444 e. The van der Waals surface area contributed by atoms with Gasteiger partial charge >= 0.3 is 6.09 Å². The second-order valence-electron chi connectivity index (χ2n) is 5.38. The zero-order valence-corrected chi connectivity index (χ0v) is 12.7.